The summed E-state index contributed by atoms with van der Waals surface area (Å²) in [6.07, 6.45) is 3.40. The van der Waals surface area contributed by atoms with E-state index in [2.05, 4.69) is 15.7 Å². The van der Waals surface area contributed by atoms with E-state index in [9.17, 15) is 13.2 Å². The highest BCUT2D eigenvalue weighted by molar-refractivity contribution is 7.91. The number of aryl methyl sites for hydroxylation is 1. The molecule has 0 saturated carbocycles. The van der Waals surface area contributed by atoms with E-state index >= 15 is 0 Å². The molecule has 2 aromatic rings. The first-order valence-corrected chi connectivity index (χ1v) is 9.71. The summed E-state index contributed by atoms with van der Waals surface area (Å²) < 4.78 is 25.8. The molecule has 1 aromatic carbocycles. The molecule has 2 N–H and O–H groups in total. The molecule has 1 heterocycles. The van der Waals surface area contributed by atoms with Gasteiger partial charge >= 0.3 is 0 Å². The topological polar surface area (TPSA) is 93.1 Å². The Balaban J connectivity index is 2.14. The molecule has 0 bridgehead atoms. The van der Waals surface area contributed by atoms with Gasteiger partial charge in [-0.15, -0.1) is 0 Å². The average Bonchev–Trinajstić information content (AvgIpc) is 2.94. The maximum absolute atomic E-state index is 12.5. The van der Waals surface area contributed by atoms with Gasteiger partial charge in [0.1, 0.15) is 6.04 Å². The first-order valence-electron chi connectivity index (χ1n) is 8.00. The minimum Gasteiger partial charge on any atom is -0.324 e. The number of carbonyl (C=O) groups excluding carboxylic acids is 1. The van der Waals surface area contributed by atoms with Crippen molar-refractivity contribution in [3.05, 3.63) is 47.8 Å². The largest absolute Gasteiger partial charge is 0.324 e. The number of amides is 1. The van der Waals surface area contributed by atoms with Crippen LogP contribution in [0.15, 0.2) is 36.7 Å². The lowest BCUT2D eigenvalue weighted by Crippen LogP contribution is -2.30. The number of rotatable bonds is 7. The molecular formula is C17H24N4O3S. The molecule has 1 amide bonds. The predicted octanol–water partition coefficient (Wildman–Crippen LogP) is 1.64. The molecule has 0 aliphatic heterocycles. The second kappa shape index (κ2) is 7.79. The van der Waals surface area contributed by atoms with Gasteiger partial charge < -0.3 is 10.6 Å². The Morgan fingerprint density at radius 3 is 2.60 bits per heavy atom. The second-order valence-electron chi connectivity index (χ2n) is 6.21. The Bertz CT molecular complexity index is 843. The molecule has 136 valence electrons. The lowest BCUT2D eigenvalue weighted by Gasteiger charge is -2.15. The molecule has 0 radical (unpaired) electrons. The third-order valence-electron chi connectivity index (χ3n) is 3.89. The smallest absolute Gasteiger partial charge is 0.246 e. The van der Waals surface area contributed by atoms with E-state index in [0.29, 0.717) is 11.3 Å². The van der Waals surface area contributed by atoms with Crippen LogP contribution in [0.3, 0.4) is 0 Å². The number of anilines is 1. The zero-order valence-corrected chi connectivity index (χ0v) is 15.7. The molecule has 1 aromatic heterocycles. The maximum Gasteiger partial charge on any atom is 0.246 e. The molecule has 0 fully saturated rings. The lowest BCUT2D eigenvalue weighted by atomic mass is 10.1. The van der Waals surface area contributed by atoms with Crippen molar-refractivity contribution in [1.29, 1.82) is 0 Å². The SMILES string of the molecule is CNC(C(=O)Nc1cccc(CS(=O)(=O)C(C)C)c1)c1cnn(C)c1. The highest BCUT2D eigenvalue weighted by atomic mass is 32.2. The molecule has 25 heavy (non-hydrogen) atoms. The van der Waals surface area contributed by atoms with E-state index in [-0.39, 0.29) is 11.7 Å². The van der Waals surface area contributed by atoms with Crippen molar-refractivity contribution in [1.82, 2.24) is 15.1 Å². The number of hydrogen-bond acceptors (Lipinski definition) is 5. The second-order valence-corrected chi connectivity index (χ2v) is 8.77. The van der Waals surface area contributed by atoms with Crippen LogP contribution in [0.5, 0.6) is 0 Å². The van der Waals surface area contributed by atoms with E-state index in [1.54, 1.807) is 69.3 Å². The predicted molar refractivity (Wildman–Crippen MR) is 97.8 cm³/mol. The Labute approximate surface area is 148 Å². The summed E-state index contributed by atoms with van der Waals surface area (Å²) in [6.45, 7) is 3.32. The van der Waals surface area contributed by atoms with Crippen molar-refractivity contribution in [2.45, 2.75) is 30.9 Å². The first kappa shape index (κ1) is 19.1. The first-order chi connectivity index (χ1) is 11.7. The van der Waals surface area contributed by atoms with Crippen LogP contribution in [-0.2, 0) is 27.4 Å². The summed E-state index contributed by atoms with van der Waals surface area (Å²) in [5.41, 5.74) is 1.96. The van der Waals surface area contributed by atoms with Crippen molar-refractivity contribution in [2.24, 2.45) is 7.05 Å². The molecule has 1 unspecified atom stereocenters. The van der Waals surface area contributed by atoms with Crippen molar-refractivity contribution in [2.75, 3.05) is 12.4 Å². The van der Waals surface area contributed by atoms with Gasteiger partial charge in [-0.05, 0) is 38.6 Å². The quantitative estimate of drug-likeness (QED) is 0.779. The molecule has 8 heteroatoms. The van der Waals surface area contributed by atoms with Crippen LogP contribution in [-0.4, -0.2) is 36.4 Å². The van der Waals surface area contributed by atoms with Gasteiger partial charge in [-0.2, -0.15) is 5.10 Å². The molecule has 2 rings (SSSR count). The number of likely N-dealkylation sites (N-methyl/N-ethyl adjacent to an activating group) is 1. The number of carbonyl (C=O) groups is 1. The van der Waals surface area contributed by atoms with Gasteiger partial charge in [-0.25, -0.2) is 8.42 Å². The van der Waals surface area contributed by atoms with Gasteiger partial charge in [-0.1, -0.05) is 12.1 Å². The summed E-state index contributed by atoms with van der Waals surface area (Å²) >= 11 is 0. The molecular weight excluding hydrogens is 340 g/mol. The molecule has 1 atom stereocenters. The minimum absolute atomic E-state index is 0.0492. The van der Waals surface area contributed by atoms with Crippen LogP contribution < -0.4 is 10.6 Å². The average molecular weight is 364 g/mol. The molecule has 0 saturated heterocycles. The maximum atomic E-state index is 12.5. The molecule has 0 aliphatic carbocycles. The number of nitrogens with zero attached hydrogens (tertiary/aromatic N) is 2. The zero-order chi connectivity index (χ0) is 18.6. The standard InChI is InChI=1S/C17H24N4O3S/c1-12(2)25(23,24)11-13-6-5-7-15(8-13)20-17(22)16(18-3)14-9-19-21(4)10-14/h5-10,12,16,18H,11H2,1-4H3,(H,20,22). The van der Waals surface area contributed by atoms with Crippen LogP contribution >= 0.6 is 0 Å². The number of sulfone groups is 1. The van der Waals surface area contributed by atoms with Crippen molar-refractivity contribution in [3.63, 3.8) is 0 Å². The fourth-order valence-corrected chi connectivity index (χ4v) is 3.37. The van der Waals surface area contributed by atoms with Gasteiger partial charge in [0.2, 0.25) is 5.91 Å². The van der Waals surface area contributed by atoms with Gasteiger partial charge in [0.05, 0.1) is 17.2 Å². The van der Waals surface area contributed by atoms with Gasteiger partial charge in [-0.3, -0.25) is 9.48 Å². The lowest BCUT2D eigenvalue weighted by molar-refractivity contribution is -0.118. The normalized spacial score (nSPS) is 13.0. The van der Waals surface area contributed by atoms with E-state index < -0.39 is 21.1 Å². The summed E-state index contributed by atoms with van der Waals surface area (Å²) in [5, 5.41) is 9.42. The van der Waals surface area contributed by atoms with Gasteiger partial charge in [0, 0.05) is 24.5 Å². The van der Waals surface area contributed by atoms with E-state index in [1.165, 1.54) is 0 Å². The summed E-state index contributed by atoms with van der Waals surface area (Å²) in [4.78, 5) is 12.5. The Hall–Kier alpha value is -2.19. The van der Waals surface area contributed by atoms with Crippen molar-refractivity contribution >= 4 is 21.4 Å². The summed E-state index contributed by atoms with van der Waals surface area (Å²) in [5.74, 6) is -0.286. The van der Waals surface area contributed by atoms with Crippen LogP contribution in [0.25, 0.3) is 0 Å². The Kier molecular flexibility index (Phi) is 5.97. The van der Waals surface area contributed by atoms with Crippen molar-refractivity contribution < 1.29 is 13.2 Å². The number of benzene rings is 1. The van der Waals surface area contributed by atoms with Crippen LogP contribution in [0.4, 0.5) is 5.69 Å². The summed E-state index contributed by atoms with van der Waals surface area (Å²) in [6, 6.07) is 6.36. The van der Waals surface area contributed by atoms with Crippen LogP contribution in [0.2, 0.25) is 0 Å². The van der Waals surface area contributed by atoms with Gasteiger partial charge in [0.15, 0.2) is 9.84 Å². The fourth-order valence-electron chi connectivity index (χ4n) is 2.39. The molecule has 0 spiro atoms. The summed E-state index contributed by atoms with van der Waals surface area (Å²) in [7, 11) is 0.288. The van der Waals surface area contributed by atoms with E-state index in [4.69, 9.17) is 0 Å². The monoisotopic (exact) mass is 364 g/mol. The number of hydrogen-bond donors (Lipinski definition) is 2. The van der Waals surface area contributed by atoms with Crippen LogP contribution in [0.1, 0.15) is 31.0 Å². The molecule has 7 nitrogen and oxygen atoms in total. The minimum atomic E-state index is -3.19. The van der Waals surface area contributed by atoms with E-state index in [1.807, 2.05) is 0 Å². The third kappa shape index (κ3) is 4.90. The fraction of sp³-hybridized carbons (Fsp3) is 0.412. The third-order valence-corrected chi connectivity index (χ3v) is 6.06. The zero-order valence-electron chi connectivity index (χ0n) is 14.9. The number of nitrogens with one attached hydrogen (secondary N) is 2. The molecule has 0 aliphatic rings. The number of aromatic nitrogens is 2. The highest BCUT2D eigenvalue weighted by Gasteiger charge is 2.21. The Morgan fingerprint density at radius 2 is 2.04 bits per heavy atom. The van der Waals surface area contributed by atoms with E-state index in [0.717, 1.165) is 5.56 Å². The van der Waals surface area contributed by atoms with Crippen molar-refractivity contribution in [3.8, 4) is 0 Å². The van der Waals surface area contributed by atoms with Gasteiger partial charge in [0.25, 0.3) is 0 Å². The van der Waals surface area contributed by atoms with Crippen LogP contribution in [0, 0.1) is 0 Å². The Morgan fingerprint density at radius 1 is 1.32 bits per heavy atom. The highest BCUT2D eigenvalue weighted by Crippen LogP contribution is 2.18.